The summed E-state index contributed by atoms with van der Waals surface area (Å²) in [4.78, 5) is 13.3. The number of carbonyl (C=O) groups is 1. The highest BCUT2D eigenvalue weighted by molar-refractivity contribution is 7.71. The second-order valence-electron chi connectivity index (χ2n) is 3.34. The number of carboxylic acids is 1. The van der Waals surface area contributed by atoms with E-state index in [-0.39, 0.29) is 19.4 Å². The van der Waals surface area contributed by atoms with Crippen molar-refractivity contribution >= 4 is 18.2 Å². The molecular formula is C8H9FN2O2S. The molecule has 2 heterocycles. The predicted octanol–water partition coefficient (Wildman–Crippen LogP) is 1.07. The molecule has 1 atom stereocenters. The van der Waals surface area contributed by atoms with Gasteiger partial charge in [0.05, 0.1) is 13.0 Å². The molecule has 6 heteroatoms. The SMILES string of the molecule is O=C(O)Cc1[nH]c(=S)n2c1CC(F)C2. The number of fused-ring (bicyclic) bond motifs is 1. The maximum absolute atomic E-state index is 13.0. The molecule has 1 aromatic rings. The average molecular weight is 216 g/mol. The summed E-state index contributed by atoms with van der Waals surface area (Å²) >= 11 is 4.95. The standard InChI is InChI=1S/C8H9FN2O2S/c9-4-1-6-5(2-7(12)13)10-8(14)11(6)3-4/h4H,1-3H2,(H,10,14)(H,12,13). The van der Waals surface area contributed by atoms with Crippen LogP contribution in [0.25, 0.3) is 0 Å². The molecule has 0 radical (unpaired) electrons. The molecule has 2 rings (SSSR count). The third-order valence-corrected chi connectivity index (χ3v) is 2.62. The molecule has 4 nitrogen and oxygen atoms in total. The van der Waals surface area contributed by atoms with Gasteiger partial charge >= 0.3 is 5.97 Å². The number of aromatic amines is 1. The van der Waals surface area contributed by atoms with Gasteiger partial charge in [-0.3, -0.25) is 4.79 Å². The quantitative estimate of drug-likeness (QED) is 0.727. The number of carboxylic acid groups (broad SMARTS) is 1. The zero-order valence-corrected chi connectivity index (χ0v) is 8.10. The van der Waals surface area contributed by atoms with Gasteiger partial charge in [0.1, 0.15) is 6.17 Å². The monoisotopic (exact) mass is 216 g/mol. The minimum Gasteiger partial charge on any atom is -0.481 e. The van der Waals surface area contributed by atoms with Crippen LogP contribution in [0.1, 0.15) is 11.4 Å². The van der Waals surface area contributed by atoms with Gasteiger partial charge in [0.2, 0.25) is 0 Å². The van der Waals surface area contributed by atoms with Crippen molar-refractivity contribution in [2.45, 2.75) is 25.6 Å². The Balaban J connectivity index is 2.40. The molecule has 0 amide bonds. The molecular weight excluding hydrogens is 207 g/mol. The molecule has 2 N–H and O–H groups in total. The van der Waals surface area contributed by atoms with Crippen molar-refractivity contribution in [3.05, 3.63) is 16.2 Å². The summed E-state index contributed by atoms with van der Waals surface area (Å²) < 4.78 is 15.1. The van der Waals surface area contributed by atoms with E-state index in [1.165, 1.54) is 0 Å². The van der Waals surface area contributed by atoms with Crippen LogP contribution in [-0.4, -0.2) is 26.8 Å². The average Bonchev–Trinajstić information content (AvgIpc) is 2.54. The van der Waals surface area contributed by atoms with Gasteiger partial charge < -0.3 is 14.7 Å². The third-order valence-electron chi connectivity index (χ3n) is 2.30. The van der Waals surface area contributed by atoms with E-state index in [2.05, 4.69) is 4.98 Å². The first kappa shape index (κ1) is 9.39. The Morgan fingerprint density at radius 2 is 2.50 bits per heavy atom. The van der Waals surface area contributed by atoms with Crippen molar-refractivity contribution in [2.75, 3.05) is 0 Å². The normalized spacial score (nSPS) is 19.6. The van der Waals surface area contributed by atoms with E-state index < -0.39 is 12.1 Å². The molecule has 14 heavy (non-hydrogen) atoms. The molecule has 1 unspecified atom stereocenters. The first-order chi connectivity index (χ1) is 6.58. The van der Waals surface area contributed by atoms with E-state index >= 15 is 0 Å². The van der Waals surface area contributed by atoms with Crippen LogP contribution in [0.2, 0.25) is 0 Å². The van der Waals surface area contributed by atoms with Crippen molar-refractivity contribution < 1.29 is 14.3 Å². The van der Waals surface area contributed by atoms with Gasteiger partial charge in [-0.1, -0.05) is 0 Å². The largest absolute Gasteiger partial charge is 0.481 e. The molecule has 0 spiro atoms. The fourth-order valence-electron chi connectivity index (χ4n) is 1.75. The number of aromatic nitrogens is 2. The van der Waals surface area contributed by atoms with Gasteiger partial charge in [-0.25, -0.2) is 4.39 Å². The number of halogens is 1. The van der Waals surface area contributed by atoms with Gasteiger partial charge in [-0.2, -0.15) is 0 Å². The number of rotatable bonds is 2. The van der Waals surface area contributed by atoms with E-state index in [1.54, 1.807) is 4.57 Å². The van der Waals surface area contributed by atoms with E-state index in [1.807, 2.05) is 0 Å². The van der Waals surface area contributed by atoms with E-state index in [9.17, 15) is 9.18 Å². The molecule has 0 aromatic carbocycles. The summed E-state index contributed by atoms with van der Waals surface area (Å²) in [5.41, 5.74) is 1.23. The number of nitrogens with one attached hydrogen (secondary N) is 1. The summed E-state index contributed by atoms with van der Waals surface area (Å²) in [7, 11) is 0. The lowest BCUT2D eigenvalue weighted by Crippen LogP contribution is -2.04. The van der Waals surface area contributed by atoms with Crippen LogP contribution in [0, 0.1) is 4.77 Å². The van der Waals surface area contributed by atoms with Gasteiger partial charge in [0.15, 0.2) is 4.77 Å². The van der Waals surface area contributed by atoms with Crippen molar-refractivity contribution in [1.29, 1.82) is 0 Å². The van der Waals surface area contributed by atoms with Crippen molar-refractivity contribution in [3.8, 4) is 0 Å². The van der Waals surface area contributed by atoms with Gasteiger partial charge in [-0.15, -0.1) is 0 Å². The third kappa shape index (κ3) is 1.45. The molecule has 1 aromatic heterocycles. The summed E-state index contributed by atoms with van der Waals surface area (Å²) in [6.07, 6.45) is -0.803. The summed E-state index contributed by atoms with van der Waals surface area (Å²) in [6, 6.07) is 0. The number of hydrogen-bond acceptors (Lipinski definition) is 2. The maximum atomic E-state index is 13.0. The van der Waals surface area contributed by atoms with Crippen LogP contribution >= 0.6 is 12.2 Å². The number of aliphatic carboxylic acids is 1. The highest BCUT2D eigenvalue weighted by Gasteiger charge is 2.25. The first-order valence-electron chi connectivity index (χ1n) is 4.24. The van der Waals surface area contributed by atoms with Gasteiger partial charge in [-0.05, 0) is 12.2 Å². The summed E-state index contributed by atoms with van der Waals surface area (Å²) in [5.74, 6) is -0.938. The number of H-pyrrole nitrogens is 1. The summed E-state index contributed by atoms with van der Waals surface area (Å²) in [5, 5.41) is 8.62. The van der Waals surface area contributed by atoms with Gasteiger partial charge in [0.25, 0.3) is 0 Å². The Hall–Kier alpha value is -1.17. The molecule has 0 bridgehead atoms. The number of nitrogens with zero attached hydrogens (tertiary/aromatic N) is 1. The maximum Gasteiger partial charge on any atom is 0.309 e. The van der Waals surface area contributed by atoms with Crippen LogP contribution in [-0.2, 0) is 24.2 Å². The van der Waals surface area contributed by atoms with E-state index in [4.69, 9.17) is 17.3 Å². The van der Waals surface area contributed by atoms with Crippen LogP contribution in [0.5, 0.6) is 0 Å². The van der Waals surface area contributed by atoms with Crippen molar-refractivity contribution in [3.63, 3.8) is 0 Å². The Kier molecular flexibility index (Phi) is 2.14. The Labute approximate surface area is 84.4 Å². The van der Waals surface area contributed by atoms with Crippen LogP contribution < -0.4 is 0 Å². The van der Waals surface area contributed by atoms with Crippen LogP contribution in [0.15, 0.2) is 0 Å². The smallest absolute Gasteiger partial charge is 0.309 e. The fraction of sp³-hybridized carbons (Fsp3) is 0.500. The lowest BCUT2D eigenvalue weighted by atomic mass is 10.2. The van der Waals surface area contributed by atoms with Crippen molar-refractivity contribution in [2.24, 2.45) is 0 Å². The van der Waals surface area contributed by atoms with E-state index in [0.29, 0.717) is 16.2 Å². The molecule has 0 saturated heterocycles. The summed E-state index contributed by atoms with van der Waals surface area (Å²) in [6.45, 7) is 0.240. The highest BCUT2D eigenvalue weighted by atomic mass is 32.1. The molecule has 1 aliphatic heterocycles. The zero-order chi connectivity index (χ0) is 10.3. The number of hydrogen-bond donors (Lipinski definition) is 2. The Morgan fingerprint density at radius 3 is 3.14 bits per heavy atom. The molecule has 1 aliphatic rings. The second kappa shape index (κ2) is 3.20. The Bertz CT molecular complexity index is 437. The topological polar surface area (TPSA) is 58.0 Å². The minimum absolute atomic E-state index is 0.126. The van der Waals surface area contributed by atoms with Crippen molar-refractivity contribution in [1.82, 2.24) is 9.55 Å². The molecule has 0 aliphatic carbocycles. The van der Waals surface area contributed by atoms with Gasteiger partial charge in [0, 0.05) is 17.8 Å². The lowest BCUT2D eigenvalue weighted by molar-refractivity contribution is -0.136. The molecule has 0 fully saturated rings. The Morgan fingerprint density at radius 1 is 1.79 bits per heavy atom. The fourth-order valence-corrected chi connectivity index (χ4v) is 2.06. The minimum atomic E-state index is -0.938. The predicted molar refractivity (Wildman–Crippen MR) is 49.6 cm³/mol. The van der Waals surface area contributed by atoms with Crippen LogP contribution in [0.3, 0.4) is 0 Å². The molecule has 76 valence electrons. The highest BCUT2D eigenvalue weighted by Crippen LogP contribution is 2.22. The van der Waals surface area contributed by atoms with Crippen LogP contribution in [0.4, 0.5) is 4.39 Å². The first-order valence-corrected chi connectivity index (χ1v) is 4.65. The zero-order valence-electron chi connectivity index (χ0n) is 7.29. The second-order valence-corrected chi connectivity index (χ2v) is 3.72. The number of alkyl halides is 1. The van der Waals surface area contributed by atoms with E-state index in [0.717, 1.165) is 0 Å². The molecule has 0 saturated carbocycles. The number of imidazole rings is 1. The lowest BCUT2D eigenvalue weighted by Gasteiger charge is -1.96.